The van der Waals surface area contributed by atoms with Gasteiger partial charge in [0, 0.05) is 11.1 Å². The zero-order valence-electron chi connectivity index (χ0n) is 17.5. The molecule has 0 spiro atoms. The predicted molar refractivity (Wildman–Crippen MR) is 114 cm³/mol. The van der Waals surface area contributed by atoms with Gasteiger partial charge in [0.05, 0.1) is 6.61 Å². The van der Waals surface area contributed by atoms with E-state index in [1.807, 2.05) is 12.1 Å². The molecule has 0 aliphatic rings. The molecule has 0 N–H and O–H groups in total. The fraction of sp³-hybridized carbons (Fsp3) is 0.409. The number of rotatable bonds is 8. The van der Waals surface area contributed by atoms with Crippen molar-refractivity contribution in [1.29, 1.82) is 0 Å². The van der Waals surface area contributed by atoms with Crippen molar-refractivity contribution in [3.05, 3.63) is 47.7 Å². The summed E-state index contributed by atoms with van der Waals surface area (Å²) in [5, 5.41) is 0.143. The molecule has 5 nitrogen and oxygen atoms in total. The summed E-state index contributed by atoms with van der Waals surface area (Å²) < 4.78 is 12.1. The highest BCUT2D eigenvalue weighted by Crippen LogP contribution is 2.36. The fourth-order valence-corrected chi connectivity index (χ4v) is 3.40. The summed E-state index contributed by atoms with van der Waals surface area (Å²) in [4.78, 5) is 27.0. The maximum Gasteiger partial charge on any atom is 0.192 e. The number of carbonyl (C=O) groups excluding carboxylic acids is 2. The first kappa shape index (κ1) is 22.0. The Kier molecular flexibility index (Phi) is 6.90. The topological polar surface area (TPSA) is 65.5 Å². The molecule has 2 aromatic rings. The lowest BCUT2D eigenvalue weighted by molar-refractivity contribution is 0.101. The average molecular weight is 400 g/mol. The van der Waals surface area contributed by atoms with E-state index >= 15 is 0 Å². The monoisotopic (exact) mass is 399 g/mol. The Labute approximate surface area is 168 Å². The number of pyridine rings is 1. The van der Waals surface area contributed by atoms with Gasteiger partial charge in [-0.3, -0.25) is 9.59 Å². The Morgan fingerprint density at radius 1 is 1.07 bits per heavy atom. The molecule has 0 saturated carbocycles. The number of hydrogen-bond donors (Lipinski definition) is 0. The molecule has 1 aromatic heterocycles. The largest absolute Gasteiger partial charge is 0.489 e. The molecular formula is C22H29NO4Si. The molecule has 0 unspecified atom stereocenters. The Hall–Kier alpha value is -2.31. The second-order valence-electron chi connectivity index (χ2n) is 8.29. The van der Waals surface area contributed by atoms with E-state index in [2.05, 4.69) is 38.8 Å². The zero-order valence-corrected chi connectivity index (χ0v) is 18.5. The SMILES string of the molecule is CC(=O)c1ccc(-c2nc(C=O)ccc2OCCO[Si](C)(C)C(C)(C)C)cc1. The molecule has 0 fully saturated rings. The van der Waals surface area contributed by atoms with Gasteiger partial charge in [-0.15, -0.1) is 0 Å². The number of carbonyl (C=O) groups is 2. The van der Waals surface area contributed by atoms with Crippen molar-refractivity contribution in [1.82, 2.24) is 4.98 Å². The molecule has 0 aliphatic heterocycles. The minimum absolute atomic E-state index is 0.000373. The number of aldehydes is 1. The third-order valence-corrected chi connectivity index (χ3v) is 9.71. The number of Topliss-reactive ketones (excluding diaryl/α,β-unsaturated/α-hetero) is 1. The van der Waals surface area contributed by atoms with Crippen LogP contribution in [0.4, 0.5) is 0 Å². The molecule has 0 bridgehead atoms. The number of hydrogen-bond acceptors (Lipinski definition) is 5. The van der Waals surface area contributed by atoms with Crippen LogP contribution in [0.2, 0.25) is 18.1 Å². The Morgan fingerprint density at radius 2 is 1.71 bits per heavy atom. The Bertz CT molecular complexity index is 839. The van der Waals surface area contributed by atoms with Gasteiger partial charge in [-0.2, -0.15) is 0 Å². The van der Waals surface area contributed by atoms with E-state index in [0.29, 0.717) is 42.2 Å². The smallest absolute Gasteiger partial charge is 0.192 e. The van der Waals surface area contributed by atoms with Crippen molar-refractivity contribution in [2.24, 2.45) is 0 Å². The lowest BCUT2D eigenvalue weighted by Crippen LogP contribution is -2.41. The molecule has 0 saturated heterocycles. The van der Waals surface area contributed by atoms with Crippen molar-refractivity contribution in [2.75, 3.05) is 13.2 Å². The van der Waals surface area contributed by atoms with Gasteiger partial charge in [0.15, 0.2) is 20.4 Å². The predicted octanol–water partition coefficient (Wildman–Crippen LogP) is 5.16. The molecule has 0 aliphatic carbocycles. The first-order chi connectivity index (χ1) is 13.0. The lowest BCUT2D eigenvalue weighted by Gasteiger charge is -2.36. The molecule has 1 aromatic carbocycles. The van der Waals surface area contributed by atoms with Crippen LogP contribution in [0.3, 0.4) is 0 Å². The number of ketones is 1. The molecular weight excluding hydrogens is 370 g/mol. The quantitative estimate of drug-likeness (QED) is 0.265. The standard InChI is InChI=1S/C22H29NO4Si/c1-16(25)17-7-9-18(10-8-17)21-20(12-11-19(15-24)23-21)26-13-14-27-28(5,6)22(2,3)4/h7-12,15H,13-14H2,1-6H3. The van der Waals surface area contributed by atoms with Crippen LogP contribution in [0, 0.1) is 0 Å². The summed E-state index contributed by atoms with van der Waals surface area (Å²) in [5.74, 6) is 0.584. The normalized spacial score (nSPS) is 11.9. The van der Waals surface area contributed by atoms with E-state index in [4.69, 9.17) is 9.16 Å². The minimum atomic E-state index is -1.83. The van der Waals surface area contributed by atoms with Gasteiger partial charge in [0.25, 0.3) is 0 Å². The van der Waals surface area contributed by atoms with Crippen LogP contribution < -0.4 is 4.74 Å². The van der Waals surface area contributed by atoms with Crippen LogP contribution in [-0.4, -0.2) is 38.6 Å². The minimum Gasteiger partial charge on any atom is -0.489 e. The van der Waals surface area contributed by atoms with Crippen molar-refractivity contribution in [2.45, 2.75) is 45.8 Å². The van der Waals surface area contributed by atoms with Crippen LogP contribution in [0.15, 0.2) is 36.4 Å². The van der Waals surface area contributed by atoms with Crippen molar-refractivity contribution < 1.29 is 18.8 Å². The van der Waals surface area contributed by atoms with E-state index in [-0.39, 0.29) is 10.8 Å². The lowest BCUT2D eigenvalue weighted by atomic mass is 10.1. The van der Waals surface area contributed by atoms with E-state index in [1.165, 1.54) is 6.92 Å². The molecule has 0 radical (unpaired) electrons. The summed E-state index contributed by atoms with van der Waals surface area (Å²) in [6.45, 7) is 13.4. The second-order valence-corrected chi connectivity index (χ2v) is 13.1. The highest BCUT2D eigenvalue weighted by Gasteiger charge is 2.36. The van der Waals surface area contributed by atoms with Gasteiger partial charge in [-0.05, 0) is 37.2 Å². The molecule has 150 valence electrons. The fourth-order valence-electron chi connectivity index (χ4n) is 2.38. The van der Waals surface area contributed by atoms with Crippen LogP contribution in [0.1, 0.15) is 48.5 Å². The van der Waals surface area contributed by atoms with Gasteiger partial charge < -0.3 is 9.16 Å². The molecule has 1 heterocycles. The number of benzene rings is 1. The van der Waals surface area contributed by atoms with E-state index < -0.39 is 8.32 Å². The number of ether oxygens (including phenoxy) is 1. The van der Waals surface area contributed by atoms with Crippen LogP contribution >= 0.6 is 0 Å². The van der Waals surface area contributed by atoms with Gasteiger partial charge in [0.1, 0.15) is 23.7 Å². The molecule has 6 heteroatoms. The van der Waals surface area contributed by atoms with E-state index in [1.54, 1.807) is 24.3 Å². The first-order valence-corrected chi connectivity index (χ1v) is 12.3. The van der Waals surface area contributed by atoms with Gasteiger partial charge in [-0.1, -0.05) is 45.0 Å². The highest BCUT2D eigenvalue weighted by atomic mass is 28.4. The third kappa shape index (κ3) is 5.36. The molecule has 2 rings (SSSR count). The number of aromatic nitrogens is 1. The van der Waals surface area contributed by atoms with Crippen LogP contribution in [0.5, 0.6) is 5.75 Å². The van der Waals surface area contributed by atoms with Crippen LogP contribution in [-0.2, 0) is 4.43 Å². The zero-order chi connectivity index (χ0) is 20.9. The van der Waals surface area contributed by atoms with Crippen molar-refractivity contribution in [3.63, 3.8) is 0 Å². The average Bonchev–Trinajstić information content (AvgIpc) is 2.64. The molecule has 0 amide bonds. The van der Waals surface area contributed by atoms with Gasteiger partial charge in [-0.25, -0.2) is 4.98 Å². The number of nitrogens with zero attached hydrogens (tertiary/aromatic N) is 1. The molecule has 28 heavy (non-hydrogen) atoms. The second kappa shape index (κ2) is 8.79. The summed E-state index contributed by atoms with van der Waals surface area (Å²) in [6.07, 6.45) is 0.706. The summed E-state index contributed by atoms with van der Waals surface area (Å²) in [6, 6.07) is 10.5. The van der Waals surface area contributed by atoms with Gasteiger partial charge >= 0.3 is 0 Å². The first-order valence-electron chi connectivity index (χ1n) is 9.39. The van der Waals surface area contributed by atoms with Crippen LogP contribution in [0.25, 0.3) is 11.3 Å². The summed E-state index contributed by atoms with van der Waals surface area (Å²) in [7, 11) is -1.83. The van der Waals surface area contributed by atoms with Gasteiger partial charge in [0.2, 0.25) is 0 Å². The highest BCUT2D eigenvalue weighted by molar-refractivity contribution is 6.74. The maximum absolute atomic E-state index is 11.5. The summed E-state index contributed by atoms with van der Waals surface area (Å²) in [5.41, 5.74) is 2.32. The maximum atomic E-state index is 11.5. The van der Waals surface area contributed by atoms with Crippen molar-refractivity contribution in [3.8, 4) is 17.0 Å². The summed E-state index contributed by atoms with van der Waals surface area (Å²) >= 11 is 0. The van der Waals surface area contributed by atoms with E-state index in [0.717, 1.165) is 5.56 Å². The van der Waals surface area contributed by atoms with Crippen molar-refractivity contribution >= 4 is 20.4 Å². The Balaban J connectivity index is 2.16. The Morgan fingerprint density at radius 3 is 2.25 bits per heavy atom. The third-order valence-electron chi connectivity index (χ3n) is 5.18. The molecule has 0 atom stereocenters. The van der Waals surface area contributed by atoms with E-state index in [9.17, 15) is 9.59 Å².